The molecule has 2 aromatic rings. The van der Waals surface area contributed by atoms with Crippen LogP contribution in [0.2, 0.25) is 0 Å². The van der Waals surface area contributed by atoms with Crippen molar-refractivity contribution < 1.29 is 23.4 Å². The SMILES string of the molecule is CCC(=O)O[C@@]1(CCN(C)CCc2ccc3c(c2)OCO3)CCc2cc(F)ccc2[C@H]1C(C)C.Cl. The van der Waals surface area contributed by atoms with Gasteiger partial charge in [0.15, 0.2) is 11.5 Å². The Morgan fingerprint density at radius 2 is 1.94 bits per heavy atom. The average Bonchev–Trinajstić information content (AvgIpc) is 3.29. The molecule has 0 fully saturated rings. The Hall–Kier alpha value is -2.31. The number of hydrogen-bond acceptors (Lipinski definition) is 5. The van der Waals surface area contributed by atoms with E-state index in [9.17, 15) is 9.18 Å². The number of carbonyl (C=O) groups is 1. The van der Waals surface area contributed by atoms with E-state index in [2.05, 4.69) is 31.9 Å². The minimum atomic E-state index is -0.584. The summed E-state index contributed by atoms with van der Waals surface area (Å²) in [5.74, 6) is 1.53. The Morgan fingerprint density at radius 3 is 2.69 bits per heavy atom. The lowest BCUT2D eigenvalue weighted by molar-refractivity contribution is -0.167. The van der Waals surface area contributed by atoms with Gasteiger partial charge < -0.3 is 19.1 Å². The minimum Gasteiger partial charge on any atom is -0.458 e. The first-order valence-electron chi connectivity index (χ1n) is 12.4. The molecule has 2 aliphatic rings. The summed E-state index contributed by atoms with van der Waals surface area (Å²) in [5, 5.41) is 0. The van der Waals surface area contributed by atoms with Gasteiger partial charge in [-0.25, -0.2) is 4.39 Å². The number of aryl methyl sites for hydroxylation is 1. The Balaban J connectivity index is 0.00000342. The molecule has 5 nitrogen and oxygen atoms in total. The third kappa shape index (κ3) is 6.10. The molecule has 0 saturated carbocycles. The van der Waals surface area contributed by atoms with Crippen molar-refractivity contribution in [3.05, 3.63) is 58.9 Å². The fourth-order valence-corrected chi connectivity index (χ4v) is 5.50. The van der Waals surface area contributed by atoms with E-state index < -0.39 is 5.60 Å². The highest BCUT2D eigenvalue weighted by Gasteiger charge is 2.47. The van der Waals surface area contributed by atoms with E-state index >= 15 is 0 Å². The summed E-state index contributed by atoms with van der Waals surface area (Å²) in [6.07, 6.45) is 3.42. The van der Waals surface area contributed by atoms with Crippen molar-refractivity contribution in [3.63, 3.8) is 0 Å². The number of ether oxygens (including phenoxy) is 3. The van der Waals surface area contributed by atoms with Gasteiger partial charge in [-0.15, -0.1) is 12.4 Å². The molecule has 0 unspecified atom stereocenters. The van der Waals surface area contributed by atoms with E-state index in [0.717, 1.165) is 48.6 Å². The third-order valence-corrected chi connectivity index (χ3v) is 7.23. The van der Waals surface area contributed by atoms with Crippen molar-refractivity contribution in [3.8, 4) is 11.5 Å². The molecule has 192 valence electrons. The van der Waals surface area contributed by atoms with Gasteiger partial charge in [-0.05, 0) is 73.2 Å². The van der Waals surface area contributed by atoms with Crippen molar-refractivity contribution in [1.29, 1.82) is 0 Å². The Kier molecular flexibility index (Phi) is 9.05. The maximum Gasteiger partial charge on any atom is 0.306 e. The Labute approximate surface area is 214 Å². The molecule has 0 bridgehead atoms. The molecule has 0 saturated heterocycles. The molecule has 0 N–H and O–H groups in total. The van der Waals surface area contributed by atoms with Crippen molar-refractivity contribution in [2.24, 2.45) is 5.92 Å². The summed E-state index contributed by atoms with van der Waals surface area (Å²) in [4.78, 5) is 14.8. The van der Waals surface area contributed by atoms with Gasteiger partial charge in [0, 0.05) is 31.8 Å². The fraction of sp³-hybridized carbons (Fsp3) is 0.536. The summed E-state index contributed by atoms with van der Waals surface area (Å²) in [6, 6.07) is 11.2. The van der Waals surface area contributed by atoms with Crippen molar-refractivity contribution in [1.82, 2.24) is 4.90 Å². The number of halogens is 2. The molecule has 1 aliphatic carbocycles. The number of fused-ring (bicyclic) bond motifs is 2. The van der Waals surface area contributed by atoms with E-state index in [4.69, 9.17) is 14.2 Å². The number of hydrogen-bond donors (Lipinski definition) is 0. The first-order valence-corrected chi connectivity index (χ1v) is 12.4. The van der Waals surface area contributed by atoms with Crippen LogP contribution in [0.5, 0.6) is 11.5 Å². The average molecular weight is 506 g/mol. The highest BCUT2D eigenvalue weighted by Crippen LogP contribution is 2.48. The molecule has 1 aliphatic heterocycles. The first-order chi connectivity index (χ1) is 16.3. The maximum atomic E-state index is 13.9. The van der Waals surface area contributed by atoms with Crippen LogP contribution in [0, 0.1) is 11.7 Å². The van der Waals surface area contributed by atoms with Crippen LogP contribution in [0.4, 0.5) is 4.39 Å². The quantitative estimate of drug-likeness (QED) is 0.396. The van der Waals surface area contributed by atoms with Crippen LogP contribution < -0.4 is 9.47 Å². The monoisotopic (exact) mass is 505 g/mol. The normalized spacial score (nSPS) is 20.5. The van der Waals surface area contributed by atoms with Gasteiger partial charge in [-0.2, -0.15) is 0 Å². The van der Waals surface area contributed by atoms with Crippen LogP contribution in [0.15, 0.2) is 36.4 Å². The topological polar surface area (TPSA) is 48.0 Å². The van der Waals surface area contributed by atoms with E-state index in [-0.39, 0.29) is 42.8 Å². The molecule has 35 heavy (non-hydrogen) atoms. The number of rotatable bonds is 9. The molecular formula is C28H37ClFNO4. The number of benzene rings is 2. The van der Waals surface area contributed by atoms with Gasteiger partial charge in [-0.1, -0.05) is 32.9 Å². The molecular weight excluding hydrogens is 469 g/mol. The lowest BCUT2D eigenvalue weighted by Gasteiger charge is -2.47. The number of carbonyl (C=O) groups excluding carboxylic acids is 1. The predicted octanol–water partition coefficient (Wildman–Crippen LogP) is 5.92. The molecule has 2 aromatic carbocycles. The van der Waals surface area contributed by atoms with Gasteiger partial charge in [0.2, 0.25) is 6.79 Å². The van der Waals surface area contributed by atoms with E-state index in [0.29, 0.717) is 19.3 Å². The van der Waals surface area contributed by atoms with Crippen LogP contribution in [0.25, 0.3) is 0 Å². The lowest BCUT2D eigenvalue weighted by atomic mass is 9.65. The van der Waals surface area contributed by atoms with Crippen LogP contribution >= 0.6 is 12.4 Å². The molecule has 7 heteroatoms. The number of nitrogens with zero attached hydrogens (tertiary/aromatic N) is 1. The van der Waals surface area contributed by atoms with E-state index in [1.54, 1.807) is 6.07 Å². The van der Waals surface area contributed by atoms with Gasteiger partial charge in [0.25, 0.3) is 0 Å². The second-order valence-electron chi connectivity index (χ2n) is 9.95. The summed E-state index contributed by atoms with van der Waals surface area (Å²) in [7, 11) is 2.11. The molecule has 2 atom stereocenters. The Bertz CT molecular complexity index is 1030. The zero-order chi connectivity index (χ0) is 24.3. The van der Waals surface area contributed by atoms with Crippen LogP contribution in [0.1, 0.15) is 62.6 Å². The first kappa shape index (κ1) is 27.3. The van der Waals surface area contributed by atoms with Gasteiger partial charge in [0.05, 0.1) is 0 Å². The smallest absolute Gasteiger partial charge is 0.306 e. The van der Waals surface area contributed by atoms with Crippen molar-refractivity contribution in [2.45, 2.75) is 64.4 Å². The summed E-state index contributed by atoms with van der Waals surface area (Å²) < 4.78 is 31.1. The van der Waals surface area contributed by atoms with Crippen molar-refractivity contribution >= 4 is 18.4 Å². The largest absolute Gasteiger partial charge is 0.458 e. The highest BCUT2D eigenvalue weighted by molar-refractivity contribution is 5.85. The van der Waals surface area contributed by atoms with E-state index in [1.165, 1.54) is 11.6 Å². The maximum absolute atomic E-state index is 13.9. The summed E-state index contributed by atoms with van der Waals surface area (Å²) in [5.41, 5.74) is 2.78. The Morgan fingerprint density at radius 1 is 1.17 bits per heavy atom. The standard InChI is InChI=1S/C28H36FNO4.ClH/c1-5-26(31)34-28(12-10-21-17-22(29)7-8-23(21)27(28)19(2)3)13-15-30(4)14-11-20-6-9-24-25(16-20)33-18-32-24;/h6-9,16-17,19,27H,5,10-15,18H2,1-4H3;1H/t27-,28-;/m1./s1. The molecule has 1 heterocycles. The van der Waals surface area contributed by atoms with Gasteiger partial charge in [0.1, 0.15) is 11.4 Å². The highest BCUT2D eigenvalue weighted by atomic mass is 35.5. The number of esters is 1. The molecule has 0 aromatic heterocycles. The van der Waals surface area contributed by atoms with Crippen molar-refractivity contribution in [2.75, 3.05) is 26.9 Å². The summed E-state index contributed by atoms with van der Waals surface area (Å²) in [6.45, 7) is 8.14. The molecule has 0 amide bonds. The minimum absolute atomic E-state index is 0. The second kappa shape index (κ2) is 11.6. The summed E-state index contributed by atoms with van der Waals surface area (Å²) >= 11 is 0. The van der Waals surface area contributed by atoms with Gasteiger partial charge >= 0.3 is 5.97 Å². The fourth-order valence-electron chi connectivity index (χ4n) is 5.50. The van der Waals surface area contributed by atoms with Crippen LogP contribution in [-0.4, -0.2) is 43.4 Å². The zero-order valence-corrected chi connectivity index (χ0v) is 22.0. The second-order valence-corrected chi connectivity index (χ2v) is 9.95. The zero-order valence-electron chi connectivity index (χ0n) is 21.1. The molecule has 4 rings (SSSR count). The predicted molar refractivity (Wildman–Crippen MR) is 137 cm³/mol. The lowest BCUT2D eigenvalue weighted by Crippen LogP contribution is -2.48. The van der Waals surface area contributed by atoms with E-state index in [1.807, 2.05) is 25.1 Å². The number of likely N-dealkylation sites (N-methyl/N-ethyl adjacent to an activating group) is 1. The van der Waals surface area contributed by atoms with Gasteiger partial charge in [-0.3, -0.25) is 4.79 Å². The van der Waals surface area contributed by atoms with Crippen LogP contribution in [-0.2, 0) is 22.4 Å². The molecule has 0 radical (unpaired) electrons. The van der Waals surface area contributed by atoms with Crippen LogP contribution in [0.3, 0.4) is 0 Å². The molecule has 0 spiro atoms. The third-order valence-electron chi connectivity index (χ3n) is 7.23.